The van der Waals surface area contributed by atoms with Gasteiger partial charge in [-0.05, 0) is 36.4 Å². The Morgan fingerprint density at radius 2 is 1.69 bits per heavy atom. The van der Waals surface area contributed by atoms with Crippen LogP contribution in [0.5, 0.6) is 28.7 Å². The van der Waals surface area contributed by atoms with Crippen LogP contribution in [-0.2, 0) is 0 Å². The second-order valence-electron chi connectivity index (χ2n) is 7.63. The second-order valence-corrected chi connectivity index (χ2v) is 7.63. The minimum atomic E-state index is -0.507. The quantitative estimate of drug-likeness (QED) is 0.632. The van der Waals surface area contributed by atoms with Gasteiger partial charge in [0, 0.05) is 23.1 Å². The second kappa shape index (κ2) is 8.00. The van der Waals surface area contributed by atoms with E-state index in [0.29, 0.717) is 29.4 Å². The van der Waals surface area contributed by atoms with Crippen LogP contribution in [0.25, 0.3) is 0 Å². The number of phenols is 1. The van der Waals surface area contributed by atoms with Crippen molar-refractivity contribution in [1.29, 1.82) is 0 Å². The Labute approximate surface area is 186 Å². The Balaban J connectivity index is 1.64. The van der Waals surface area contributed by atoms with Crippen LogP contribution < -0.4 is 18.9 Å². The predicted molar refractivity (Wildman–Crippen MR) is 120 cm³/mol. The van der Waals surface area contributed by atoms with Gasteiger partial charge in [-0.1, -0.05) is 24.3 Å². The highest BCUT2D eigenvalue weighted by Gasteiger charge is 2.42. The van der Waals surface area contributed by atoms with Gasteiger partial charge in [-0.25, -0.2) is 5.01 Å². The molecular weight excluding hydrogens is 408 g/mol. The molecule has 2 aliphatic heterocycles. The summed E-state index contributed by atoms with van der Waals surface area (Å²) < 4.78 is 23.0. The molecule has 3 aromatic rings. The molecule has 2 heterocycles. The van der Waals surface area contributed by atoms with Gasteiger partial charge < -0.3 is 24.1 Å². The molecule has 32 heavy (non-hydrogen) atoms. The van der Waals surface area contributed by atoms with Crippen LogP contribution in [-0.4, -0.2) is 37.2 Å². The smallest absolute Gasteiger partial charge is 0.214 e. The fraction of sp³-hybridized carbons (Fsp3) is 0.240. The fourth-order valence-corrected chi connectivity index (χ4v) is 4.35. The summed E-state index contributed by atoms with van der Waals surface area (Å²) in [6, 6.07) is 18.8. The van der Waals surface area contributed by atoms with E-state index in [0.717, 1.165) is 22.4 Å². The summed E-state index contributed by atoms with van der Waals surface area (Å²) in [6.07, 6.45) is 0.122. The van der Waals surface area contributed by atoms with E-state index < -0.39 is 6.23 Å². The van der Waals surface area contributed by atoms with E-state index in [1.807, 2.05) is 53.5 Å². The zero-order chi connectivity index (χ0) is 22.2. The van der Waals surface area contributed by atoms with Gasteiger partial charge in [-0.3, -0.25) is 0 Å². The molecule has 0 saturated heterocycles. The summed E-state index contributed by atoms with van der Waals surface area (Å²) >= 11 is 0. The van der Waals surface area contributed by atoms with E-state index in [1.54, 1.807) is 33.5 Å². The van der Waals surface area contributed by atoms with Gasteiger partial charge in [-0.15, -0.1) is 0 Å². The molecule has 2 aliphatic rings. The molecule has 2 atom stereocenters. The number of hydrazone groups is 1. The van der Waals surface area contributed by atoms with Crippen molar-refractivity contribution in [3.63, 3.8) is 0 Å². The van der Waals surface area contributed by atoms with Gasteiger partial charge in [0.1, 0.15) is 5.75 Å². The topological polar surface area (TPSA) is 72.8 Å². The third-order valence-corrected chi connectivity index (χ3v) is 5.91. The number of fused-ring (bicyclic) bond motifs is 3. The average Bonchev–Trinajstić information content (AvgIpc) is 3.28. The highest BCUT2D eigenvalue weighted by Crippen LogP contribution is 2.51. The summed E-state index contributed by atoms with van der Waals surface area (Å²) in [5.41, 5.74) is 3.39. The summed E-state index contributed by atoms with van der Waals surface area (Å²) in [7, 11) is 4.85. The first-order valence-electron chi connectivity index (χ1n) is 10.3. The zero-order valence-electron chi connectivity index (χ0n) is 18.1. The van der Waals surface area contributed by atoms with Gasteiger partial charge in [-0.2, -0.15) is 5.10 Å². The molecule has 7 nitrogen and oxygen atoms in total. The van der Waals surface area contributed by atoms with Crippen molar-refractivity contribution in [3.05, 3.63) is 77.4 Å². The molecule has 0 saturated carbocycles. The van der Waals surface area contributed by atoms with Gasteiger partial charge >= 0.3 is 0 Å². The number of methoxy groups -OCH3 is 3. The highest BCUT2D eigenvalue weighted by atomic mass is 16.5. The Hall–Kier alpha value is -3.87. The third-order valence-electron chi connectivity index (χ3n) is 5.91. The molecule has 0 spiro atoms. The predicted octanol–water partition coefficient (Wildman–Crippen LogP) is 4.66. The van der Waals surface area contributed by atoms with Crippen LogP contribution in [0.15, 0.2) is 65.8 Å². The molecular formula is C25H24N2O5. The van der Waals surface area contributed by atoms with Gasteiger partial charge in [0.25, 0.3) is 0 Å². The van der Waals surface area contributed by atoms with E-state index >= 15 is 0 Å². The normalized spacial score (nSPS) is 18.8. The van der Waals surface area contributed by atoms with Crippen molar-refractivity contribution < 1.29 is 24.1 Å². The lowest BCUT2D eigenvalue weighted by Gasteiger charge is -2.38. The maximum absolute atomic E-state index is 10.4. The molecule has 0 aromatic heterocycles. The van der Waals surface area contributed by atoms with Crippen molar-refractivity contribution in [2.45, 2.75) is 18.7 Å². The van der Waals surface area contributed by atoms with Gasteiger partial charge in [0.15, 0.2) is 23.0 Å². The average molecular weight is 432 g/mol. The molecule has 0 aliphatic carbocycles. The number of phenolic OH excluding ortho intramolecular Hbond substituents is 1. The lowest BCUT2D eigenvalue weighted by Crippen LogP contribution is -2.33. The van der Waals surface area contributed by atoms with Gasteiger partial charge in [0.05, 0.1) is 33.1 Å². The number of hydrogen-bond donors (Lipinski definition) is 1. The zero-order valence-corrected chi connectivity index (χ0v) is 18.1. The van der Waals surface area contributed by atoms with E-state index in [-0.39, 0.29) is 11.8 Å². The number of rotatable bonds is 5. The molecule has 0 unspecified atom stereocenters. The molecule has 5 rings (SSSR count). The molecule has 0 bridgehead atoms. The summed E-state index contributed by atoms with van der Waals surface area (Å²) in [5.74, 6) is 2.83. The van der Waals surface area contributed by atoms with Crippen LogP contribution in [0.3, 0.4) is 0 Å². The first kappa shape index (κ1) is 20.1. The Morgan fingerprint density at radius 1 is 0.906 bits per heavy atom. The number of nitrogens with zero attached hydrogens (tertiary/aromatic N) is 2. The van der Waals surface area contributed by atoms with Crippen LogP contribution >= 0.6 is 0 Å². The van der Waals surface area contributed by atoms with Crippen molar-refractivity contribution in [2.75, 3.05) is 21.3 Å². The Morgan fingerprint density at radius 3 is 2.44 bits per heavy atom. The number of ether oxygens (including phenoxy) is 4. The van der Waals surface area contributed by atoms with Crippen molar-refractivity contribution in [3.8, 4) is 28.7 Å². The molecule has 7 heteroatoms. The molecule has 0 radical (unpaired) electrons. The third kappa shape index (κ3) is 3.17. The molecule has 1 N–H and O–H groups in total. The van der Waals surface area contributed by atoms with Crippen LogP contribution in [0, 0.1) is 0 Å². The largest absolute Gasteiger partial charge is 0.507 e. The minimum Gasteiger partial charge on any atom is -0.507 e. The monoisotopic (exact) mass is 432 g/mol. The van der Waals surface area contributed by atoms with E-state index in [9.17, 15) is 5.11 Å². The van der Waals surface area contributed by atoms with Crippen LogP contribution in [0.2, 0.25) is 0 Å². The number of aromatic hydroxyl groups is 1. The Kier molecular flexibility index (Phi) is 5.01. The van der Waals surface area contributed by atoms with Gasteiger partial charge in [0.2, 0.25) is 6.23 Å². The van der Waals surface area contributed by atoms with Crippen molar-refractivity contribution >= 4 is 5.71 Å². The lowest BCUT2D eigenvalue weighted by atomic mass is 9.95. The molecule has 3 aromatic carbocycles. The first-order chi connectivity index (χ1) is 15.6. The van der Waals surface area contributed by atoms with E-state index in [1.165, 1.54) is 0 Å². The van der Waals surface area contributed by atoms with Crippen molar-refractivity contribution in [1.82, 2.24) is 5.01 Å². The summed E-state index contributed by atoms with van der Waals surface area (Å²) in [6.45, 7) is 0. The lowest BCUT2D eigenvalue weighted by molar-refractivity contribution is -0.0210. The van der Waals surface area contributed by atoms with E-state index in [2.05, 4.69) is 0 Å². The molecule has 0 amide bonds. The molecule has 164 valence electrons. The minimum absolute atomic E-state index is 0.0680. The highest BCUT2D eigenvalue weighted by molar-refractivity contribution is 6.04. The maximum atomic E-state index is 10.4. The number of benzene rings is 3. The van der Waals surface area contributed by atoms with Crippen LogP contribution in [0.4, 0.5) is 0 Å². The summed E-state index contributed by atoms with van der Waals surface area (Å²) in [5, 5.41) is 17.3. The Bertz CT molecular complexity index is 1190. The SMILES string of the molecule is COc1ccc([C@@H]2Oc3c(OC)cccc3[C@H]3CC(c4ccccc4O)=NN32)cc1OC. The number of hydrogen-bond acceptors (Lipinski definition) is 7. The number of para-hydroxylation sites is 2. The first-order valence-corrected chi connectivity index (χ1v) is 10.3. The summed E-state index contributed by atoms with van der Waals surface area (Å²) in [4.78, 5) is 0. The molecule has 0 fully saturated rings. The fourth-order valence-electron chi connectivity index (χ4n) is 4.35. The van der Waals surface area contributed by atoms with Crippen molar-refractivity contribution in [2.24, 2.45) is 5.10 Å². The maximum Gasteiger partial charge on any atom is 0.214 e. The van der Waals surface area contributed by atoms with Crippen LogP contribution in [0.1, 0.15) is 35.4 Å². The standard InChI is InChI=1S/C25H24N2O5/c1-29-21-12-11-15(13-23(21)31-3)25-27-19(17-8-6-10-22(30-2)24(17)32-25)14-18(26-27)16-7-4-5-9-20(16)28/h4-13,19,25,28H,14H2,1-3H3/t19-,25+/m1/s1. The van der Waals surface area contributed by atoms with E-state index in [4.69, 9.17) is 24.0 Å².